The summed E-state index contributed by atoms with van der Waals surface area (Å²) < 4.78 is 0.163. The van der Waals surface area contributed by atoms with Crippen LogP contribution in [0.2, 0.25) is 4.47 Å². The predicted octanol–water partition coefficient (Wildman–Crippen LogP) is 2.03. The summed E-state index contributed by atoms with van der Waals surface area (Å²) in [5, 5.41) is 20.5. The molecule has 0 aliphatic rings. The standard InChI is InChI=1S/C10H7ClN4O3S/c11-10-14-13-9(19-10)8(16)12-5-6-3-1-2-4-7(6)15(17)18/h1-4H,5H2,(H,12,16). The number of rotatable bonds is 4. The van der Waals surface area contributed by atoms with E-state index in [1.165, 1.54) is 6.07 Å². The van der Waals surface area contributed by atoms with E-state index in [2.05, 4.69) is 15.5 Å². The molecule has 1 N–H and O–H groups in total. The van der Waals surface area contributed by atoms with Gasteiger partial charge in [0.25, 0.3) is 11.6 Å². The lowest BCUT2D eigenvalue weighted by Crippen LogP contribution is -2.23. The molecule has 0 aliphatic heterocycles. The van der Waals surface area contributed by atoms with E-state index in [1.807, 2.05) is 0 Å². The summed E-state index contributed by atoms with van der Waals surface area (Å²) in [4.78, 5) is 22.0. The number of amides is 1. The Labute approximate surface area is 116 Å². The van der Waals surface area contributed by atoms with Crippen LogP contribution in [0.1, 0.15) is 15.4 Å². The second-order valence-electron chi connectivity index (χ2n) is 3.43. The second-order valence-corrected chi connectivity index (χ2v) is 4.99. The minimum Gasteiger partial charge on any atom is -0.346 e. The highest BCUT2D eigenvalue weighted by Crippen LogP contribution is 2.18. The van der Waals surface area contributed by atoms with E-state index in [-0.39, 0.29) is 21.7 Å². The number of nitro groups is 1. The van der Waals surface area contributed by atoms with E-state index < -0.39 is 10.8 Å². The molecule has 0 aliphatic carbocycles. The molecule has 1 amide bonds. The van der Waals surface area contributed by atoms with E-state index in [0.29, 0.717) is 5.56 Å². The third kappa shape index (κ3) is 3.24. The number of hydrogen-bond acceptors (Lipinski definition) is 6. The molecule has 0 saturated carbocycles. The summed E-state index contributed by atoms with van der Waals surface area (Å²) in [6.45, 7) is 0.0349. The molecule has 1 aromatic heterocycles. The fraction of sp³-hybridized carbons (Fsp3) is 0.100. The molecule has 7 nitrogen and oxygen atoms in total. The van der Waals surface area contributed by atoms with Crippen LogP contribution in [0.25, 0.3) is 0 Å². The highest BCUT2D eigenvalue weighted by atomic mass is 35.5. The SMILES string of the molecule is O=C(NCc1ccccc1[N+](=O)[O-])c1nnc(Cl)s1. The van der Waals surface area contributed by atoms with Crippen LogP contribution in [0.5, 0.6) is 0 Å². The number of nitrogens with zero attached hydrogens (tertiary/aromatic N) is 3. The number of aromatic nitrogens is 2. The van der Waals surface area contributed by atoms with Crippen LogP contribution >= 0.6 is 22.9 Å². The van der Waals surface area contributed by atoms with Gasteiger partial charge in [-0.2, -0.15) is 0 Å². The van der Waals surface area contributed by atoms with Crippen molar-refractivity contribution >= 4 is 34.5 Å². The van der Waals surface area contributed by atoms with E-state index in [1.54, 1.807) is 18.2 Å². The lowest BCUT2D eigenvalue weighted by atomic mass is 10.2. The molecule has 0 saturated heterocycles. The largest absolute Gasteiger partial charge is 0.346 e. The Kier molecular flexibility index (Phi) is 4.03. The van der Waals surface area contributed by atoms with E-state index in [0.717, 1.165) is 11.3 Å². The molecule has 1 aromatic carbocycles. The van der Waals surface area contributed by atoms with Gasteiger partial charge in [-0.1, -0.05) is 29.5 Å². The first-order valence-corrected chi connectivity index (χ1v) is 6.27. The Morgan fingerprint density at radius 1 is 1.42 bits per heavy atom. The summed E-state index contributed by atoms with van der Waals surface area (Å²) in [6.07, 6.45) is 0. The van der Waals surface area contributed by atoms with Crippen molar-refractivity contribution in [3.05, 3.63) is 49.4 Å². The van der Waals surface area contributed by atoms with Crippen LogP contribution in [-0.2, 0) is 6.54 Å². The average Bonchev–Trinajstić information content (AvgIpc) is 2.83. The predicted molar refractivity (Wildman–Crippen MR) is 69.2 cm³/mol. The fourth-order valence-corrected chi connectivity index (χ4v) is 2.13. The Hall–Kier alpha value is -2.06. The van der Waals surface area contributed by atoms with Gasteiger partial charge < -0.3 is 5.32 Å². The molecule has 0 radical (unpaired) electrons. The van der Waals surface area contributed by atoms with Crippen molar-refractivity contribution < 1.29 is 9.72 Å². The molecule has 0 fully saturated rings. The first kappa shape index (κ1) is 13.4. The number of hydrogen-bond donors (Lipinski definition) is 1. The lowest BCUT2D eigenvalue weighted by Gasteiger charge is -2.03. The topological polar surface area (TPSA) is 98.0 Å². The summed E-state index contributed by atoms with van der Waals surface area (Å²) in [5.41, 5.74) is 0.370. The molecule has 2 rings (SSSR count). The third-order valence-electron chi connectivity index (χ3n) is 2.22. The van der Waals surface area contributed by atoms with Gasteiger partial charge in [0.15, 0.2) is 0 Å². The first-order chi connectivity index (χ1) is 9.08. The number of para-hydroxylation sites is 1. The van der Waals surface area contributed by atoms with Crippen LogP contribution in [0, 0.1) is 10.1 Å². The van der Waals surface area contributed by atoms with Gasteiger partial charge in [0, 0.05) is 18.2 Å². The van der Waals surface area contributed by atoms with Crippen molar-refractivity contribution in [2.75, 3.05) is 0 Å². The van der Waals surface area contributed by atoms with Gasteiger partial charge >= 0.3 is 0 Å². The Morgan fingerprint density at radius 2 is 2.16 bits per heavy atom. The molecule has 98 valence electrons. The van der Waals surface area contributed by atoms with Crippen LogP contribution in [0.4, 0.5) is 5.69 Å². The van der Waals surface area contributed by atoms with E-state index in [4.69, 9.17) is 11.6 Å². The Balaban J connectivity index is 2.07. The van der Waals surface area contributed by atoms with Gasteiger partial charge in [-0.05, 0) is 11.6 Å². The van der Waals surface area contributed by atoms with Crippen LogP contribution in [0.3, 0.4) is 0 Å². The summed E-state index contributed by atoms with van der Waals surface area (Å²) in [6, 6.07) is 6.18. The molecular weight excluding hydrogens is 292 g/mol. The molecule has 0 unspecified atom stereocenters. The minimum atomic E-state index is -0.497. The third-order valence-corrected chi connectivity index (χ3v) is 3.24. The van der Waals surface area contributed by atoms with Crippen molar-refractivity contribution in [3.8, 4) is 0 Å². The normalized spacial score (nSPS) is 10.2. The maximum absolute atomic E-state index is 11.7. The summed E-state index contributed by atoms with van der Waals surface area (Å²) >= 11 is 6.50. The number of halogens is 1. The minimum absolute atomic E-state index is 0.0349. The van der Waals surface area contributed by atoms with Crippen LogP contribution in [0.15, 0.2) is 24.3 Å². The van der Waals surface area contributed by atoms with Crippen LogP contribution < -0.4 is 5.32 Å². The molecule has 1 heterocycles. The maximum Gasteiger partial charge on any atom is 0.282 e. The number of carbonyl (C=O) groups excluding carboxylic acids is 1. The van der Waals surface area contributed by atoms with Gasteiger partial charge in [-0.25, -0.2) is 0 Å². The maximum atomic E-state index is 11.7. The van der Waals surface area contributed by atoms with Gasteiger partial charge in [-0.15, -0.1) is 10.2 Å². The smallest absolute Gasteiger partial charge is 0.282 e. The highest BCUT2D eigenvalue weighted by molar-refractivity contribution is 7.17. The molecule has 0 bridgehead atoms. The van der Waals surface area contributed by atoms with Gasteiger partial charge in [0.1, 0.15) is 0 Å². The molecule has 0 atom stereocenters. The number of nitrogens with one attached hydrogen (secondary N) is 1. The van der Waals surface area contributed by atoms with Crippen molar-refractivity contribution in [1.82, 2.24) is 15.5 Å². The molecule has 9 heteroatoms. The zero-order valence-electron chi connectivity index (χ0n) is 9.37. The monoisotopic (exact) mass is 298 g/mol. The Morgan fingerprint density at radius 3 is 2.79 bits per heavy atom. The first-order valence-electron chi connectivity index (χ1n) is 5.07. The number of carbonyl (C=O) groups is 1. The Bertz CT molecular complexity index is 631. The molecule has 0 spiro atoms. The van der Waals surface area contributed by atoms with E-state index >= 15 is 0 Å². The van der Waals surface area contributed by atoms with Crippen molar-refractivity contribution in [1.29, 1.82) is 0 Å². The molecule has 19 heavy (non-hydrogen) atoms. The number of nitro benzene ring substituents is 1. The van der Waals surface area contributed by atoms with E-state index in [9.17, 15) is 14.9 Å². The van der Waals surface area contributed by atoms with Crippen molar-refractivity contribution in [3.63, 3.8) is 0 Å². The fourth-order valence-electron chi connectivity index (χ4n) is 1.39. The molecule has 2 aromatic rings. The highest BCUT2D eigenvalue weighted by Gasteiger charge is 2.15. The lowest BCUT2D eigenvalue weighted by molar-refractivity contribution is -0.385. The summed E-state index contributed by atoms with van der Waals surface area (Å²) in [7, 11) is 0. The van der Waals surface area contributed by atoms with Crippen molar-refractivity contribution in [2.45, 2.75) is 6.54 Å². The van der Waals surface area contributed by atoms with Gasteiger partial charge in [0.05, 0.1) is 4.92 Å². The van der Waals surface area contributed by atoms with Gasteiger partial charge in [-0.3, -0.25) is 14.9 Å². The quantitative estimate of drug-likeness (QED) is 0.688. The average molecular weight is 299 g/mol. The second kappa shape index (κ2) is 5.72. The number of benzene rings is 1. The zero-order valence-corrected chi connectivity index (χ0v) is 10.9. The summed E-state index contributed by atoms with van der Waals surface area (Å²) in [5.74, 6) is -0.470. The zero-order chi connectivity index (χ0) is 13.8. The van der Waals surface area contributed by atoms with Crippen LogP contribution in [-0.4, -0.2) is 21.0 Å². The van der Waals surface area contributed by atoms with Crippen molar-refractivity contribution in [2.24, 2.45) is 0 Å². The molecular formula is C10H7ClN4O3S. The van der Waals surface area contributed by atoms with Gasteiger partial charge in [0.2, 0.25) is 9.47 Å².